The quantitative estimate of drug-likeness (QED) is 0.690. The first kappa shape index (κ1) is 18.1. The Hall–Kier alpha value is -1.32. The van der Waals surface area contributed by atoms with E-state index in [2.05, 4.69) is 19.9 Å². The lowest BCUT2D eigenvalue weighted by Gasteiger charge is -2.63. The Morgan fingerprint density at radius 1 is 1.00 bits per heavy atom. The van der Waals surface area contributed by atoms with Crippen molar-refractivity contribution in [3.05, 3.63) is 11.6 Å². The average molecular weight is 360 g/mol. The van der Waals surface area contributed by atoms with Crippen LogP contribution in [0, 0.1) is 34.0 Å². The van der Waals surface area contributed by atoms with Crippen molar-refractivity contribution < 1.29 is 19.1 Å². The largest absolute Gasteiger partial charge is 0.469 e. The van der Waals surface area contributed by atoms with Crippen molar-refractivity contribution in [3.63, 3.8) is 0 Å². The molecule has 0 aromatic heterocycles. The van der Waals surface area contributed by atoms with E-state index in [4.69, 9.17) is 9.47 Å². The summed E-state index contributed by atoms with van der Waals surface area (Å²) in [5, 5.41) is 0. The molecule has 0 amide bonds. The smallest absolute Gasteiger partial charge is 0.333 e. The molecule has 6 atom stereocenters. The van der Waals surface area contributed by atoms with E-state index < -0.39 is 0 Å². The molecule has 3 saturated carbocycles. The van der Waals surface area contributed by atoms with Crippen LogP contribution in [0.3, 0.4) is 0 Å². The number of carbonyl (C=O) groups excluding carboxylic acids is 2. The van der Waals surface area contributed by atoms with Gasteiger partial charge in [0.15, 0.2) is 0 Å². The summed E-state index contributed by atoms with van der Waals surface area (Å²) < 4.78 is 10.3. The number of rotatable bonds is 2. The molecular weight excluding hydrogens is 328 g/mol. The Bertz CT molecular complexity index is 667. The molecule has 0 aliphatic heterocycles. The first-order valence-electron chi connectivity index (χ1n) is 10.2. The van der Waals surface area contributed by atoms with Crippen LogP contribution in [0.15, 0.2) is 11.6 Å². The summed E-state index contributed by atoms with van der Waals surface area (Å²) in [5.74, 6) is 1.13. The third-order valence-electron chi connectivity index (χ3n) is 8.75. The average Bonchev–Trinajstić information content (AvgIpc) is 2.90. The molecule has 0 aromatic rings. The Kier molecular flexibility index (Phi) is 4.06. The molecule has 2 bridgehead atoms. The lowest BCUT2D eigenvalue weighted by molar-refractivity contribution is -0.180. The van der Waals surface area contributed by atoms with E-state index >= 15 is 0 Å². The van der Waals surface area contributed by atoms with Crippen molar-refractivity contribution in [1.29, 1.82) is 0 Å². The zero-order valence-electron chi connectivity index (χ0n) is 16.6. The van der Waals surface area contributed by atoms with Crippen LogP contribution in [0.2, 0.25) is 0 Å². The van der Waals surface area contributed by atoms with Gasteiger partial charge in [-0.15, -0.1) is 0 Å². The summed E-state index contributed by atoms with van der Waals surface area (Å²) >= 11 is 0. The second-order valence-corrected chi connectivity index (χ2v) is 9.72. The van der Waals surface area contributed by atoms with Crippen molar-refractivity contribution >= 4 is 11.9 Å². The van der Waals surface area contributed by atoms with Gasteiger partial charge in [0.25, 0.3) is 0 Å². The predicted octanol–water partition coefficient (Wildman–Crippen LogP) is 4.28. The highest BCUT2D eigenvalue weighted by molar-refractivity contribution is 5.90. The normalized spacial score (nSPS) is 46.6. The summed E-state index contributed by atoms with van der Waals surface area (Å²) in [5.41, 5.74) is 0.829. The lowest BCUT2D eigenvalue weighted by Crippen LogP contribution is -2.58. The van der Waals surface area contributed by atoms with Crippen LogP contribution < -0.4 is 0 Å². The summed E-state index contributed by atoms with van der Waals surface area (Å²) in [6.07, 6.45) is 11.0. The highest BCUT2D eigenvalue weighted by Gasteiger charge is 2.64. The SMILES string of the molecule is COC(=O)C1=CC23CCC4C(C)(C(=O)OC)CCCC4(C)C2CCC1C3. The molecule has 0 radical (unpaired) electrons. The highest BCUT2D eigenvalue weighted by atomic mass is 16.5. The maximum atomic E-state index is 12.7. The highest BCUT2D eigenvalue weighted by Crippen LogP contribution is 2.70. The molecule has 3 fully saturated rings. The predicted molar refractivity (Wildman–Crippen MR) is 98.2 cm³/mol. The number of hydrogen-bond donors (Lipinski definition) is 0. The molecule has 4 rings (SSSR count). The molecule has 4 aliphatic carbocycles. The van der Waals surface area contributed by atoms with E-state index in [0.29, 0.717) is 17.8 Å². The van der Waals surface area contributed by atoms with Gasteiger partial charge in [-0.25, -0.2) is 4.79 Å². The fraction of sp³-hybridized carbons (Fsp3) is 0.818. The molecule has 0 heterocycles. The van der Waals surface area contributed by atoms with Gasteiger partial charge in [0.05, 0.1) is 19.6 Å². The molecule has 4 heteroatoms. The third kappa shape index (κ3) is 2.20. The van der Waals surface area contributed by atoms with Gasteiger partial charge in [-0.1, -0.05) is 19.4 Å². The van der Waals surface area contributed by atoms with E-state index in [0.717, 1.165) is 50.5 Å². The van der Waals surface area contributed by atoms with Crippen molar-refractivity contribution in [1.82, 2.24) is 0 Å². The van der Waals surface area contributed by atoms with Crippen LogP contribution in [0.25, 0.3) is 0 Å². The number of carbonyl (C=O) groups is 2. The molecule has 0 aromatic carbocycles. The van der Waals surface area contributed by atoms with Crippen LogP contribution in [0.5, 0.6) is 0 Å². The summed E-state index contributed by atoms with van der Waals surface area (Å²) in [4.78, 5) is 25.0. The summed E-state index contributed by atoms with van der Waals surface area (Å²) in [6, 6.07) is 0. The monoisotopic (exact) mass is 360 g/mol. The maximum absolute atomic E-state index is 12.7. The number of esters is 2. The van der Waals surface area contributed by atoms with Gasteiger partial charge in [-0.3, -0.25) is 4.79 Å². The van der Waals surface area contributed by atoms with Crippen molar-refractivity contribution in [2.24, 2.45) is 34.0 Å². The third-order valence-corrected chi connectivity index (χ3v) is 8.75. The van der Waals surface area contributed by atoms with Crippen molar-refractivity contribution in [2.45, 2.75) is 65.2 Å². The van der Waals surface area contributed by atoms with Crippen LogP contribution >= 0.6 is 0 Å². The Morgan fingerprint density at radius 3 is 2.46 bits per heavy atom. The first-order valence-corrected chi connectivity index (χ1v) is 10.2. The van der Waals surface area contributed by atoms with Crippen LogP contribution in [-0.2, 0) is 19.1 Å². The second kappa shape index (κ2) is 5.84. The fourth-order valence-electron chi connectivity index (χ4n) is 7.76. The number of ether oxygens (including phenoxy) is 2. The minimum atomic E-state index is -0.367. The molecule has 6 unspecified atom stereocenters. The Balaban J connectivity index is 1.73. The molecule has 144 valence electrons. The van der Waals surface area contributed by atoms with Gasteiger partial charge < -0.3 is 9.47 Å². The molecular formula is C22H32O4. The van der Waals surface area contributed by atoms with Crippen molar-refractivity contribution in [3.8, 4) is 0 Å². The van der Waals surface area contributed by atoms with Gasteiger partial charge >= 0.3 is 11.9 Å². The summed E-state index contributed by atoms with van der Waals surface area (Å²) in [7, 11) is 3.01. The van der Waals surface area contributed by atoms with E-state index in [-0.39, 0.29) is 28.2 Å². The number of fused-ring (bicyclic) bond motifs is 3. The maximum Gasteiger partial charge on any atom is 0.333 e. The first-order chi connectivity index (χ1) is 12.3. The standard InChI is InChI=1S/C22H32O4/c1-20-9-5-10-21(2,19(24)26-4)16(20)8-11-22-12-14(6-7-17(20)22)15(13-22)18(23)25-3/h13-14,16-17H,5-12H2,1-4H3. The van der Waals surface area contributed by atoms with Gasteiger partial charge in [0.1, 0.15) is 0 Å². The number of hydrogen-bond acceptors (Lipinski definition) is 4. The molecule has 0 N–H and O–H groups in total. The van der Waals surface area contributed by atoms with Gasteiger partial charge in [0, 0.05) is 5.57 Å². The van der Waals surface area contributed by atoms with E-state index in [1.807, 2.05) is 0 Å². The number of allylic oxidation sites excluding steroid dienone is 1. The van der Waals surface area contributed by atoms with Crippen LogP contribution in [0.4, 0.5) is 0 Å². The molecule has 1 spiro atoms. The Labute approximate surface area is 156 Å². The van der Waals surface area contributed by atoms with E-state index in [1.165, 1.54) is 20.6 Å². The minimum Gasteiger partial charge on any atom is -0.469 e. The molecule has 26 heavy (non-hydrogen) atoms. The fourth-order valence-corrected chi connectivity index (χ4v) is 7.76. The molecule has 0 saturated heterocycles. The van der Waals surface area contributed by atoms with Crippen LogP contribution in [0.1, 0.15) is 65.2 Å². The lowest BCUT2D eigenvalue weighted by atomic mass is 9.41. The second-order valence-electron chi connectivity index (χ2n) is 9.72. The van der Waals surface area contributed by atoms with Gasteiger partial charge in [-0.2, -0.15) is 0 Å². The Morgan fingerprint density at radius 2 is 1.77 bits per heavy atom. The van der Waals surface area contributed by atoms with E-state index in [1.54, 1.807) is 0 Å². The van der Waals surface area contributed by atoms with Crippen LogP contribution in [-0.4, -0.2) is 26.2 Å². The molecule has 4 nitrogen and oxygen atoms in total. The van der Waals surface area contributed by atoms with E-state index in [9.17, 15) is 9.59 Å². The number of methoxy groups -OCH3 is 2. The zero-order chi connectivity index (χ0) is 18.7. The zero-order valence-corrected chi connectivity index (χ0v) is 16.6. The van der Waals surface area contributed by atoms with Gasteiger partial charge in [0.2, 0.25) is 0 Å². The van der Waals surface area contributed by atoms with Gasteiger partial charge in [-0.05, 0) is 80.5 Å². The van der Waals surface area contributed by atoms with Crippen molar-refractivity contribution in [2.75, 3.05) is 14.2 Å². The topological polar surface area (TPSA) is 52.6 Å². The molecule has 4 aliphatic rings. The minimum absolute atomic E-state index is 0.0322. The summed E-state index contributed by atoms with van der Waals surface area (Å²) in [6.45, 7) is 4.56.